The molecular weight excluding hydrogens is 490 g/mol. The van der Waals surface area contributed by atoms with Crippen molar-refractivity contribution in [2.45, 2.75) is 65.0 Å². The molecule has 1 N–H and O–H groups in total. The maximum Gasteiger partial charge on any atom is 0.243 e. The Morgan fingerprint density at radius 3 is 2.19 bits per heavy atom. The van der Waals surface area contributed by atoms with Gasteiger partial charge in [-0.15, -0.1) is 0 Å². The summed E-state index contributed by atoms with van der Waals surface area (Å²) in [6, 6.07) is 16.1. The minimum absolute atomic E-state index is 0.106. The Balaban J connectivity index is 2.21. The zero-order valence-corrected chi connectivity index (χ0v) is 23.7. The van der Waals surface area contributed by atoms with Gasteiger partial charge in [0.05, 0.1) is 19.1 Å². The van der Waals surface area contributed by atoms with E-state index in [9.17, 15) is 18.0 Å². The van der Waals surface area contributed by atoms with Gasteiger partial charge in [-0.05, 0) is 57.7 Å². The number of methoxy groups -OCH3 is 1. The van der Waals surface area contributed by atoms with Gasteiger partial charge in [0.15, 0.2) is 0 Å². The number of sulfonamides is 1. The van der Waals surface area contributed by atoms with Crippen molar-refractivity contribution in [2.75, 3.05) is 30.8 Å². The Morgan fingerprint density at radius 1 is 1.00 bits per heavy atom. The molecule has 8 nitrogen and oxygen atoms in total. The summed E-state index contributed by atoms with van der Waals surface area (Å²) in [4.78, 5) is 28.2. The molecular formula is C28H41N3O5S. The maximum absolute atomic E-state index is 13.5. The highest BCUT2D eigenvalue weighted by atomic mass is 32.2. The minimum atomic E-state index is -3.61. The molecule has 0 aromatic heterocycles. The first-order valence-electron chi connectivity index (χ1n) is 12.6. The fourth-order valence-corrected chi connectivity index (χ4v) is 5.14. The molecule has 0 fully saturated rings. The predicted octanol–water partition coefficient (Wildman–Crippen LogP) is 4.01. The summed E-state index contributed by atoms with van der Waals surface area (Å²) in [5.74, 6) is 0.0668. The monoisotopic (exact) mass is 531 g/mol. The molecule has 0 unspecified atom stereocenters. The van der Waals surface area contributed by atoms with E-state index in [1.165, 1.54) is 11.4 Å². The van der Waals surface area contributed by atoms with Crippen LogP contribution in [0.25, 0.3) is 0 Å². The van der Waals surface area contributed by atoms with Gasteiger partial charge >= 0.3 is 0 Å². The van der Waals surface area contributed by atoms with Crippen molar-refractivity contribution >= 4 is 27.5 Å². The molecule has 2 amide bonds. The summed E-state index contributed by atoms with van der Waals surface area (Å²) < 4.78 is 31.7. The van der Waals surface area contributed by atoms with Crippen LogP contribution >= 0.6 is 0 Å². The van der Waals surface area contributed by atoms with E-state index in [2.05, 4.69) is 5.32 Å². The Hall–Kier alpha value is -3.07. The van der Waals surface area contributed by atoms with E-state index < -0.39 is 21.6 Å². The molecule has 0 spiro atoms. The number of nitrogens with zero attached hydrogens (tertiary/aromatic N) is 2. The third-order valence-corrected chi connectivity index (χ3v) is 7.05. The number of ether oxygens (including phenoxy) is 1. The van der Waals surface area contributed by atoms with Gasteiger partial charge in [-0.3, -0.25) is 13.9 Å². The zero-order chi connectivity index (χ0) is 27.6. The number of para-hydroxylation sites is 2. The van der Waals surface area contributed by atoms with Crippen LogP contribution in [0.3, 0.4) is 0 Å². The van der Waals surface area contributed by atoms with E-state index in [0.29, 0.717) is 37.2 Å². The molecule has 0 aliphatic carbocycles. The van der Waals surface area contributed by atoms with Crippen LogP contribution in [0.4, 0.5) is 5.69 Å². The largest absolute Gasteiger partial charge is 0.495 e. The number of anilines is 1. The highest BCUT2D eigenvalue weighted by Crippen LogP contribution is 2.29. The molecule has 37 heavy (non-hydrogen) atoms. The highest BCUT2D eigenvalue weighted by Gasteiger charge is 2.30. The van der Waals surface area contributed by atoms with Gasteiger partial charge in [0.1, 0.15) is 11.8 Å². The van der Waals surface area contributed by atoms with Crippen molar-refractivity contribution in [3.8, 4) is 5.75 Å². The third kappa shape index (κ3) is 9.39. The number of nitrogens with one attached hydrogen (secondary N) is 1. The summed E-state index contributed by atoms with van der Waals surface area (Å²) in [5, 5.41) is 3.00. The van der Waals surface area contributed by atoms with Crippen LogP contribution in [0.2, 0.25) is 0 Å². The topological polar surface area (TPSA) is 96.0 Å². The van der Waals surface area contributed by atoms with E-state index in [-0.39, 0.29) is 24.8 Å². The minimum Gasteiger partial charge on any atom is -0.495 e. The number of carbonyl (C=O) groups excluding carboxylic acids is 2. The van der Waals surface area contributed by atoms with Crippen molar-refractivity contribution in [1.82, 2.24) is 10.2 Å². The molecule has 9 heteroatoms. The number of carbonyl (C=O) groups is 2. The number of rotatable bonds is 13. The summed E-state index contributed by atoms with van der Waals surface area (Å²) in [6.45, 7) is 8.12. The SMILES string of the molecule is CC[C@@H](C(=O)NC(C)(C)C)N(CCc1ccccc1)C(=O)CCCN(c1ccccc1OC)S(C)(=O)=O. The Labute approximate surface area is 222 Å². The van der Waals surface area contributed by atoms with Crippen LogP contribution in [0.5, 0.6) is 5.75 Å². The summed E-state index contributed by atoms with van der Waals surface area (Å²) in [7, 11) is -2.12. The van der Waals surface area contributed by atoms with Gasteiger partial charge in [0.2, 0.25) is 21.8 Å². The molecule has 0 saturated heterocycles. The second-order valence-electron chi connectivity index (χ2n) is 10.1. The number of benzene rings is 2. The molecule has 0 heterocycles. The van der Waals surface area contributed by atoms with Gasteiger partial charge in [-0.1, -0.05) is 49.4 Å². The van der Waals surface area contributed by atoms with Crippen molar-refractivity contribution in [2.24, 2.45) is 0 Å². The first-order chi connectivity index (χ1) is 17.4. The van der Waals surface area contributed by atoms with E-state index in [1.54, 1.807) is 29.2 Å². The van der Waals surface area contributed by atoms with Gasteiger partial charge in [0.25, 0.3) is 0 Å². The van der Waals surface area contributed by atoms with E-state index in [4.69, 9.17) is 4.74 Å². The van der Waals surface area contributed by atoms with Gasteiger partial charge in [-0.2, -0.15) is 0 Å². The molecule has 0 radical (unpaired) electrons. The number of amides is 2. The first-order valence-corrected chi connectivity index (χ1v) is 14.5. The quantitative estimate of drug-likeness (QED) is 0.421. The first kappa shape index (κ1) is 30.2. The molecule has 2 aromatic carbocycles. The van der Waals surface area contributed by atoms with Crippen LogP contribution in [-0.2, 0) is 26.0 Å². The molecule has 0 bridgehead atoms. The Kier molecular flexibility index (Phi) is 11.0. The van der Waals surface area contributed by atoms with E-state index >= 15 is 0 Å². The number of hydrogen-bond donors (Lipinski definition) is 1. The van der Waals surface area contributed by atoms with Crippen LogP contribution < -0.4 is 14.4 Å². The average molecular weight is 532 g/mol. The average Bonchev–Trinajstić information content (AvgIpc) is 2.83. The lowest BCUT2D eigenvalue weighted by Gasteiger charge is -2.33. The zero-order valence-electron chi connectivity index (χ0n) is 22.9. The Bertz CT molecular complexity index is 1130. The second kappa shape index (κ2) is 13.5. The predicted molar refractivity (Wildman–Crippen MR) is 148 cm³/mol. The smallest absolute Gasteiger partial charge is 0.243 e. The molecule has 2 aromatic rings. The molecule has 1 atom stereocenters. The highest BCUT2D eigenvalue weighted by molar-refractivity contribution is 7.92. The third-order valence-electron chi connectivity index (χ3n) is 5.87. The maximum atomic E-state index is 13.5. The van der Waals surface area contributed by atoms with E-state index in [1.807, 2.05) is 58.0 Å². The van der Waals surface area contributed by atoms with Crippen LogP contribution in [0.1, 0.15) is 52.5 Å². The second-order valence-corrected chi connectivity index (χ2v) is 12.0. The van der Waals surface area contributed by atoms with Crippen LogP contribution in [0.15, 0.2) is 54.6 Å². The summed E-state index contributed by atoms with van der Waals surface area (Å²) in [5.41, 5.74) is 1.08. The van der Waals surface area contributed by atoms with Crippen molar-refractivity contribution < 1.29 is 22.7 Å². The van der Waals surface area contributed by atoms with Crippen molar-refractivity contribution in [1.29, 1.82) is 0 Å². The molecule has 0 aliphatic heterocycles. The van der Waals surface area contributed by atoms with Crippen molar-refractivity contribution in [3.63, 3.8) is 0 Å². The Morgan fingerprint density at radius 2 is 1.62 bits per heavy atom. The molecule has 204 valence electrons. The fourth-order valence-electron chi connectivity index (χ4n) is 4.17. The summed E-state index contributed by atoms with van der Waals surface area (Å²) in [6.07, 6.45) is 2.62. The van der Waals surface area contributed by atoms with Gasteiger partial charge < -0.3 is 15.0 Å². The summed E-state index contributed by atoms with van der Waals surface area (Å²) >= 11 is 0. The molecule has 0 aliphatic rings. The normalized spacial score (nSPS) is 12.5. The van der Waals surface area contributed by atoms with Crippen molar-refractivity contribution in [3.05, 3.63) is 60.2 Å². The standard InChI is InChI=1S/C28H41N3O5S/c1-7-23(27(33)29-28(2,3)4)30(21-19-22-14-9-8-10-15-22)26(32)18-13-20-31(37(6,34)35)24-16-11-12-17-25(24)36-5/h8-12,14-17,23H,7,13,18-21H2,1-6H3,(H,29,33)/t23-/m0/s1. The van der Waals surface area contributed by atoms with Gasteiger partial charge in [0, 0.05) is 25.0 Å². The van der Waals surface area contributed by atoms with E-state index in [0.717, 1.165) is 11.8 Å². The van der Waals surface area contributed by atoms with Crippen LogP contribution in [-0.4, -0.2) is 63.2 Å². The lowest BCUT2D eigenvalue weighted by Crippen LogP contribution is -2.54. The van der Waals surface area contributed by atoms with Gasteiger partial charge in [-0.25, -0.2) is 8.42 Å². The lowest BCUT2D eigenvalue weighted by atomic mass is 10.0. The fraction of sp³-hybridized carbons (Fsp3) is 0.500. The molecule has 0 saturated carbocycles. The lowest BCUT2D eigenvalue weighted by molar-refractivity contribution is -0.141. The molecule has 2 rings (SSSR count). The van der Waals surface area contributed by atoms with Crippen LogP contribution in [0, 0.1) is 0 Å². The number of hydrogen-bond acceptors (Lipinski definition) is 5.